The van der Waals surface area contributed by atoms with E-state index >= 15 is 0 Å². The van der Waals surface area contributed by atoms with Crippen molar-refractivity contribution >= 4 is 0 Å². The molecule has 0 spiro atoms. The lowest BCUT2D eigenvalue weighted by molar-refractivity contribution is -0.0120. The lowest BCUT2D eigenvalue weighted by Gasteiger charge is -2.51. The van der Waals surface area contributed by atoms with Crippen LogP contribution in [0.4, 0.5) is 0 Å². The van der Waals surface area contributed by atoms with Gasteiger partial charge in [0, 0.05) is 57.9 Å². The second kappa shape index (κ2) is 15.4. The van der Waals surface area contributed by atoms with E-state index in [1.165, 1.54) is 5.57 Å². The Morgan fingerprint density at radius 2 is 1.18 bits per heavy atom. The fraction of sp³-hybridized carbons (Fsp3) is 0.920. The minimum Gasteiger partial charge on any atom is -0.395 e. The molecule has 0 heterocycles. The molecule has 8 heteroatoms. The molecule has 8 nitrogen and oxygen atoms in total. The number of β-amino-alcohol motifs (C(OH)–C–C–N with tert-alkyl or cyclic N) is 1. The van der Waals surface area contributed by atoms with Crippen LogP contribution >= 0.6 is 0 Å². The molecule has 6 N–H and O–H groups in total. The smallest absolute Gasteiger partial charge is 0.0558 e. The van der Waals surface area contributed by atoms with E-state index in [2.05, 4.69) is 64.3 Å². The first-order chi connectivity index (χ1) is 15.3. The van der Waals surface area contributed by atoms with E-state index in [-0.39, 0.29) is 42.8 Å². The standard InChI is InChI=1S/C25H54N4O4/c1-22(8-9-27(12-16-30)10-11-28(13-17-31)14-18-32)23(2,3)21-29(15-19-33)25(6,7)24(4,5)20-26/h8,30-33H,9-21,26H2,1-7H3/b22-8-. The van der Waals surface area contributed by atoms with Crippen LogP contribution in [0.2, 0.25) is 0 Å². The van der Waals surface area contributed by atoms with Gasteiger partial charge in [0.15, 0.2) is 0 Å². The number of hydrogen-bond donors (Lipinski definition) is 5. The van der Waals surface area contributed by atoms with Crippen molar-refractivity contribution in [3.05, 3.63) is 11.6 Å². The number of rotatable bonds is 19. The van der Waals surface area contributed by atoms with Gasteiger partial charge in [0.2, 0.25) is 0 Å². The molecule has 0 saturated heterocycles. The zero-order valence-corrected chi connectivity index (χ0v) is 22.5. The first-order valence-corrected chi connectivity index (χ1v) is 12.3. The Hall–Kier alpha value is -0.580. The summed E-state index contributed by atoms with van der Waals surface area (Å²) in [4.78, 5) is 6.57. The Bertz CT molecular complexity index is 547. The van der Waals surface area contributed by atoms with Gasteiger partial charge in [-0.15, -0.1) is 0 Å². The predicted octanol–water partition coefficient (Wildman–Crippen LogP) is 0.598. The van der Waals surface area contributed by atoms with E-state index in [4.69, 9.17) is 5.73 Å². The monoisotopic (exact) mass is 474 g/mol. The third kappa shape index (κ3) is 10.7. The van der Waals surface area contributed by atoms with Gasteiger partial charge in [0.1, 0.15) is 0 Å². The molecule has 0 fully saturated rings. The molecule has 0 aromatic carbocycles. The summed E-state index contributed by atoms with van der Waals surface area (Å²) < 4.78 is 0. The first-order valence-electron chi connectivity index (χ1n) is 12.3. The Labute approximate surface area is 203 Å². The maximum atomic E-state index is 9.74. The van der Waals surface area contributed by atoms with Gasteiger partial charge in [-0.25, -0.2) is 0 Å². The predicted molar refractivity (Wildman–Crippen MR) is 137 cm³/mol. The number of nitrogens with two attached hydrogens (primary N) is 1. The summed E-state index contributed by atoms with van der Waals surface area (Å²) >= 11 is 0. The van der Waals surface area contributed by atoms with Crippen LogP contribution in [-0.2, 0) is 0 Å². The van der Waals surface area contributed by atoms with Gasteiger partial charge < -0.3 is 26.2 Å². The van der Waals surface area contributed by atoms with E-state index in [9.17, 15) is 20.4 Å². The normalized spacial score (nSPS) is 14.2. The summed E-state index contributed by atoms with van der Waals surface area (Å²) in [7, 11) is 0. The molecule has 0 amide bonds. The van der Waals surface area contributed by atoms with Crippen molar-refractivity contribution in [2.45, 2.75) is 54.0 Å². The highest BCUT2D eigenvalue weighted by Crippen LogP contribution is 2.38. The van der Waals surface area contributed by atoms with Crippen LogP contribution < -0.4 is 5.73 Å². The van der Waals surface area contributed by atoms with Crippen LogP contribution in [0.25, 0.3) is 0 Å². The number of aliphatic hydroxyl groups is 4. The number of nitrogens with zero attached hydrogens (tertiary/aromatic N) is 3. The SMILES string of the molecule is C/C(=C/CN(CCO)CCN(CCO)CCO)C(C)(C)CN(CCO)C(C)(C)C(C)(C)CN. The molecule has 0 aliphatic heterocycles. The first kappa shape index (κ1) is 32.4. The zero-order valence-electron chi connectivity index (χ0n) is 22.5. The van der Waals surface area contributed by atoms with Crippen LogP contribution in [0.3, 0.4) is 0 Å². The summed E-state index contributed by atoms with van der Waals surface area (Å²) in [5.74, 6) is 0. The maximum Gasteiger partial charge on any atom is 0.0558 e. The average molecular weight is 475 g/mol. The van der Waals surface area contributed by atoms with Gasteiger partial charge in [0.05, 0.1) is 26.4 Å². The average Bonchev–Trinajstić information content (AvgIpc) is 2.74. The molecule has 0 unspecified atom stereocenters. The van der Waals surface area contributed by atoms with Crippen molar-refractivity contribution in [1.82, 2.24) is 14.7 Å². The number of hydrogen-bond acceptors (Lipinski definition) is 8. The summed E-state index contributed by atoms with van der Waals surface area (Å²) in [5.41, 5.74) is 6.95. The summed E-state index contributed by atoms with van der Waals surface area (Å²) in [5, 5.41) is 37.7. The van der Waals surface area contributed by atoms with Gasteiger partial charge in [0.25, 0.3) is 0 Å². The van der Waals surface area contributed by atoms with E-state index in [0.29, 0.717) is 32.7 Å². The van der Waals surface area contributed by atoms with Crippen LogP contribution in [0, 0.1) is 10.8 Å². The Balaban J connectivity index is 5.36. The number of aliphatic hydroxyl groups excluding tert-OH is 4. The molecule has 0 atom stereocenters. The minimum atomic E-state index is -0.187. The zero-order chi connectivity index (χ0) is 25.7. The van der Waals surface area contributed by atoms with Gasteiger partial charge in [-0.2, -0.15) is 0 Å². The molecular formula is C25H54N4O4. The van der Waals surface area contributed by atoms with Crippen molar-refractivity contribution in [2.24, 2.45) is 16.6 Å². The lowest BCUT2D eigenvalue weighted by Crippen LogP contribution is -2.59. The molecule has 0 aliphatic carbocycles. The van der Waals surface area contributed by atoms with Crippen molar-refractivity contribution in [2.75, 3.05) is 85.3 Å². The van der Waals surface area contributed by atoms with Crippen LogP contribution in [-0.4, -0.2) is 126 Å². The van der Waals surface area contributed by atoms with Gasteiger partial charge in [-0.3, -0.25) is 14.7 Å². The molecule has 0 bridgehead atoms. The molecular weight excluding hydrogens is 420 g/mol. The summed E-state index contributed by atoms with van der Waals surface area (Å²) in [6.45, 7) is 21.5. The van der Waals surface area contributed by atoms with Crippen LogP contribution in [0.1, 0.15) is 48.5 Å². The topological polar surface area (TPSA) is 117 Å². The van der Waals surface area contributed by atoms with Gasteiger partial charge in [-0.05, 0) is 38.1 Å². The molecule has 33 heavy (non-hydrogen) atoms. The second-order valence-corrected chi connectivity index (χ2v) is 10.9. The maximum absolute atomic E-state index is 9.74. The fourth-order valence-corrected chi connectivity index (χ4v) is 3.84. The second-order valence-electron chi connectivity index (χ2n) is 10.9. The Kier molecular flexibility index (Phi) is 15.2. The quantitative estimate of drug-likeness (QED) is 0.173. The lowest BCUT2D eigenvalue weighted by atomic mass is 9.72. The van der Waals surface area contributed by atoms with Crippen molar-refractivity contribution in [3.8, 4) is 0 Å². The van der Waals surface area contributed by atoms with Crippen molar-refractivity contribution < 1.29 is 20.4 Å². The van der Waals surface area contributed by atoms with Crippen molar-refractivity contribution in [1.29, 1.82) is 0 Å². The highest BCUT2D eigenvalue weighted by molar-refractivity contribution is 5.12. The summed E-state index contributed by atoms with van der Waals surface area (Å²) in [6, 6.07) is 0. The van der Waals surface area contributed by atoms with E-state index < -0.39 is 0 Å². The third-order valence-corrected chi connectivity index (χ3v) is 7.62. The van der Waals surface area contributed by atoms with Crippen LogP contribution in [0.15, 0.2) is 11.6 Å². The Morgan fingerprint density at radius 3 is 1.64 bits per heavy atom. The Morgan fingerprint density at radius 1 is 0.727 bits per heavy atom. The molecule has 0 aromatic rings. The van der Waals surface area contributed by atoms with Gasteiger partial charge in [-0.1, -0.05) is 39.3 Å². The van der Waals surface area contributed by atoms with E-state index in [1.807, 2.05) is 4.90 Å². The largest absolute Gasteiger partial charge is 0.395 e. The fourth-order valence-electron chi connectivity index (χ4n) is 3.84. The summed E-state index contributed by atoms with van der Waals surface area (Å²) in [6.07, 6.45) is 2.23. The van der Waals surface area contributed by atoms with Gasteiger partial charge >= 0.3 is 0 Å². The molecule has 0 aliphatic rings. The molecule has 0 radical (unpaired) electrons. The van der Waals surface area contributed by atoms with Crippen LogP contribution in [0.5, 0.6) is 0 Å². The molecule has 0 rings (SSSR count). The molecule has 198 valence electrons. The van der Waals surface area contributed by atoms with E-state index in [1.54, 1.807) is 0 Å². The highest BCUT2D eigenvalue weighted by Gasteiger charge is 2.42. The van der Waals surface area contributed by atoms with Crippen molar-refractivity contribution in [3.63, 3.8) is 0 Å². The molecule has 0 saturated carbocycles. The molecule has 0 aromatic heterocycles. The minimum absolute atomic E-state index is 0.0643. The third-order valence-electron chi connectivity index (χ3n) is 7.62. The highest BCUT2D eigenvalue weighted by atomic mass is 16.3. The van der Waals surface area contributed by atoms with E-state index in [0.717, 1.165) is 26.2 Å².